The highest BCUT2D eigenvalue weighted by molar-refractivity contribution is 5.55. The molecule has 0 aliphatic carbocycles. The zero-order valence-corrected chi connectivity index (χ0v) is 11.4. The number of nitro benzene ring substituents is 1. The molecule has 2 aromatic carbocycles. The normalized spacial score (nSPS) is 10.0. The number of methoxy groups -OCH3 is 1. The lowest BCUT2D eigenvalue weighted by Crippen LogP contribution is -2.10. The fourth-order valence-electron chi connectivity index (χ4n) is 1.81. The number of nitrogen functional groups attached to an aromatic ring is 1. The Kier molecular flexibility index (Phi) is 4.57. The van der Waals surface area contributed by atoms with Crippen molar-refractivity contribution in [2.75, 3.05) is 12.5 Å². The number of hydrogen-bond acceptors (Lipinski definition) is 6. The number of hydrogen-bond donors (Lipinski definition) is 2. The van der Waals surface area contributed by atoms with Crippen molar-refractivity contribution < 1.29 is 14.4 Å². The summed E-state index contributed by atoms with van der Waals surface area (Å²) in [5.41, 5.74) is 3.64. The zero-order valence-electron chi connectivity index (χ0n) is 11.4. The van der Waals surface area contributed by atoms with Crippen molar-refractivity contribution in [3.8, 4) is 11.5 Å². The highest BCUT2D eigenvalue weighted by Crippen LogP contribution is 2.24. The van der Waals surface area contributed by atoms with E-state index in [-0.39, 0.29) is 12.3 Å². The van der Waals surface area contributed by atoms with E-state index >= 15 is 0 Å². The number of nitrogens with one attached hydrogen (secondary N) is 1. The molecular weight excluding hydrogens is 274 g/mol. The summed E-state index contributed by atoms with van der Waals surface area (Å²) < 4.78 is 10.7. The summed E-state index contributed by atoms with van der Waals surface area (Å²) in [6.07, 6.45) is 0. The molecule has 0 aliphatic heterocycles. The molecule has 0 bridgehead atoms. The number of anilines is 1. The Morgan fingerprint density at radius 3 is 2.67 bits per heavy atom. The van der Waals surface area contributed by atoms with Gasteiger partial charge in [-0.25, -0.2) is 0 Å². The molecular formula is C14H15N3O4. The van der Waals surface area contributed by atoms with Gasteiger partial charge in [0.15, 0.2) is 0 Å². The predicted molar refractivity (Wildman–Crippen MR) is 78.2 cm³/mol. The Labute approximate surface area is 121 Å². The first-order chi connectivity index (χ1) is 10.1. The first-order valence-electron chi connectivity index (χ1n) is 6.15. The van der Waals surface area contributed by atoms with E-state index in [1.54, 1.807) is 37.4 Å². The molecule has 110 valence electrons. The van der Waals surface area contributed by atoms with E-state index in [9.17, 15) is 10.1 Å². The van der Waals surface area contributed by atoms with E-state index in [4.69, 9.17) is 15.3 Å². The largest absolute Gasteiger partial charge is 0.497 e. The molecule has 21 heavy (non-hydrogen) atoms. The van der Waals surface area contributed by atoms with Crippen molar-refractivity contribution in [1.29, 1.82) is 0 Å². The lowest BCUT2D eigenvalue weighted by Gasteiger charge is -2.11. The molecule has 0 fully saturated rings. The van der Waals surface area contributed by atoms with Gasteiger partial charge in [-0.15, -0.1) is 0 Å². The smallest absolute Gasteiger partial charge is 0.269 e. The molecule has 0 amide bonds. The molecule has 0 aromatic heterocycles. The Morgan fingerprint density at radius 1 is 1.24 bits per heavy atom. The van der Waals surface area contributed by atoms with Crippen LogP contribution in [-0.4, -0.2) is 12.0 Å². The number of nitrogens with zero attached hydrogens (tertiary/aromatic N) is 1. The van der Waals surface area contributed by atoms with E-state index in [1.165, 1.54) is 12.1 Å². The second-order valence-electron chi connectivity index (χ2n) is 4.21. The van der Waals surface area contributed by atoms with Crippen LogP contribution in [0.25, 0.3) is 0 Å². The Morgan fingerprint density at radius 2 is 2.00 bits per heavy atom. The Balaban J connectivity index is 2.17. The molecule has 0 spiro atoms. The van der Waals surface area contributed by atoms with E-state index < -0.39 is 4.92 Å². The third-order valence-electron chi connectivity index (χ3n) is 2.89. The van der Waals surface area contributed by atoms with Crippen LogP contribution in [0.5, 0.6) is 11.5 Å². The van der Waals surface area contributed by atoms with E-state index in [0.717, 1.165) is 0 Å². The van der Waals surface area contributed by atoms with Crippen molar-refractivity contribution >= 4 is 11.4 Å². The van der Waals surface area contributed by atoms with Gasteiger partial charge in [0.05, 0.1) is 17.7 Å². The SMILES string of the molecule is COc1cccc(OCc2cc([N+](=O)[O-])ccc2NN)c1. The van der Waals surface area contributed by atoms with Crippen LogP contribution in [0.2, 0.25) is 0 Å². The summed E-state index contributed by atoms with van der Waals surface area (Å²) >= 11 is 0. The summed E-state index contributed by atoms with van der Waals surface area (Å²) in [7, 11) is 1.57. The highest BCUT2D eigenvalue weighted by atomic mass is 16.6. The summed E-state index contributed by atoms with van der Waals surface area (Å²) in [6, 6.07) is 11.4. The predicted octanol–water partition coefficient (Wildman–Crippen LogP) is 2.47. The quantitative estimate of drug-likeness (QED) is 0.481. The topological polar surface area (TPSA) is 99.6 Å². The van der Waals surface area contributed by atoms with Crippen molar-refractivity contribution in [2.45, 2.75) is 6.61 Å². The van der Waals surface area contributed by atoms with Crippen LogP contribution in [0.1, 0.15) is 5.56 Å². The number of nitro groups is 1. The number of benzene rings is 2. The Bertz CT molecular complexity index is 646. The van der Waals surface area contributed by atoms with Gasteiger partial charge in [0.2, 0.25) is 0 Å². The first-order valence-corrected chi connectivity index (χ1v) is 6.15. The van der Waals surface area contributed by atoms with Crippen molar-refractivity contribution in [3.63, 3.8) is 0 Å². The molecule has 0 unspecified atom stereocenters. The molecule has 2 aromatic rings. The molecule has 0 saturated heterocycles. The van der Waals surface area contributed by atoms with Gasteiger partial charge >= 0.3 is 0 Å². The van der Waals surface area contributed by atoms with E-state index in [1.807, 2.05) is 0 Å². The fourth-order valence-corrected chi connectivity index (χ4v) is 1.81. The third kappa shape index (κ3) is 3.61. The van der Waals surface area contributed by atoms with Gasteiger partial charge in [-0.2, -0.15) is 0 Å². The highest BCUT2D eigenvalue weighted by Gasteiger charge is 2.11. The van der Waals surface area contributed by atoms with Gasteiger partial charge in [-0.05, 0) is 18.2 Å². The lowest BCUT2D eigenvalue weighted by atomic mass is 10.1. The molecule has 0 heterocycles. The minimum Gasteiger partial charge on any atom is -0.497 e. The van der Waals surface area contributed by atoms with Gasteiger partial charge in [0, 0.05) is 23.8 Å². The van der Waals surface area contributed by atoms with Crippen molar-refractivity contribution in [1.82, 2.24) is 0 Å². The van der Waals surface area contributed by atoms with Crippen LogP contribution in [0.3, 0.4) is 0 Å². The maximum atomic E-state index is 10.8. The van der Waals surface area contributed by atoms with Gasteiger partial charge in [-0.1, -0.05) is 6.07 Å². The van der Waals surface area contributed by atoms with Gasteiger partial charge < -0.3 is 14.9 Å². The summed E-state index contributed by atoms with van der Waals surface area (Å²) in [6.45, 7) is 0.147. The average molecular weight is 289 g/mol. The molecule has 7 heteroatoms. The van der Waals surface area contributed by atoms with E-state index in [2.05, 4.69) is 5.43 Å². The van der Waals surface area contributed by atoms with Gasteiger partial charge in [0.25, 0.3) is 5.69 Å². The second kappa shape index (κ2) is 6.58. The number of non-ortho nitro benzene ring substituents is 1. The number of hydrazine groups is 1. The maximum absolute atomic E-state index is 10.8. The molecule has 0 atom stereocenters. The van der Waals surface area contributed by atoms with Crippen LogP contribution in [0.15, 0.2) is 42.5 Å². The minimum atomic E-state index is -0.463. The monoisotopic (exact) mass is 289 g/mol. The number of rotatable bonds is 6. The molecule has 2 rings (SSSR count). The van der Waals surface area contributed by atoms with Crippen LogP contribution in [0.4, 0.5) is 11.4 Å². The summed E-state index contributed by atoms with van der Waals surface area (Å²) in [5.74, 6) is 6.67. The molecule has 3 N–H and O–H groups in total. The van der Waals surface area contributed by atoms with Crippen molar-refractivity contribution in [3.05, 3.63) is 58.1 Å². The van der Waals surface area contributed by atoms with Crippen LogP contribution >= 0.6 is 0 Å². The third-order valence-corrected chi connectivity index (χ3v) is 2.89. The maximum Gasteiger partial charge on any atom is 0.269 e. The first kappa shape index (κ1) is 14.6. The molecule has 7 nitrogen and oxygen atoms in total. The summed E-state index contributed by atoms with van der Waals surface area (Å²) in [5, 5.41) is 10.8. The molecule has 0 radical (unpaired) electrons. The van der Waals surface area contributed by atoms with Crippen molar-refractivity contribution in [2.24, 2.45) is 5.84 Å². The van der Waals surface area contributed by atoms with E-state index in [0.29, 0.717) is 22.7 Å². The van der Waals surface area contributed by atoms with Gasteiger partial charge in [-0.3, -0.25) is 16.0 Å². The average Bonchev–Trinajstić information content (AvgIpc) is 2.52. The Hall–Kier alpha value is -2.80. The zero-order chi connectivity index (χ0) is 15.2. The lowest BCUT2D eigenvalue weighted by molar-refractivity contribution is -0.384. The number of nitrogens with two attached hydrogens (primary N) is 1. The molecule has 0 aliphatic rings. The minimum absolute atomic E-state index is 0.0155. The standard InChI is InChI=1S/C14H15N3O4/c1-20-12-3-2-4-13(8-12)21-9-10-7-11(17(18)19)5-6-14(10)16-15/h2-8,16H,9,15H2,1H3. The number of ether oxygens (including phenoxy) is 2. The fraction of sp³-hybridized carbons (Fsp3) is 0.143. The van der Waals surface area contributed by atoms with Crippen LogP contribution in [-0.2, 0) is 6.61 Å². The second-order valence-corrected chi connectivity index (χ2v) is 4.21. The van der Waals surface area contributed by atoms with Gasteiger partial charge in [0.1, 0.15) is 18.1 Å². The summed E-state index contributed by atoms with van der Waals surface area (Å²) in [4.78, 5) is 10.3. The van der Waals surface area contributed by atoms with Crippen LogP contribution < -0.4 is 20.7 Å². The van der Waals surface area contributed by atoms with Crippen LogP contribution in [0, 0.1) is 10.1 Å². The molecule has 0 saturated carbocycles.